The van der Waals surface area contributed by atoms with Crippen molar-refractivity contribution in [3.63, 3.8) is 0 Å². The van der Waals surface area contributed by atoms with E-state index >= 15 is 0 Å². The van der Waals surface area contributed by atoms with E-state index in [2.05, 4.69) is 37.3 Å². The van der Waals surface area contributed by atoms with Gasteiger partial charge in [0.2, 0.25) is 5.13 Å². The Labute approximate surface area is 179 Å². The summed E-state index contributed by atoms with van der Waals surface area (Å²) < 4.78 is 37.8. The van der Waals surface area contributed by atoms with Crippen LogP contribution in [0.25, 0.3) is 0 Å². The molecule has 0 unspecified atom stereocenters. The summed E-state index contributed by atoms with van der Waals surface area (Å²) in [7, 11) is 0. The maximum Gasteiger partial charge on any atom is 0.490 e. The number of fused-ring (bicyclic) bond motifs is 1. The highest BCUT2D eigenvalue weighted by Crippen LogP contribution is 2.30. The van der Waals surface area contributed by atoms with Crippen molar-refractivity contribution in [3.05, 3.63) is 21.1 Å². The summed E-state index contributed by atoms with van der Waals surface area (Å²) in [5.41, 5.74) is 1.18. The van der Waals surface area contributed by atoms with E-state index in [9.17, 15) is 13.2 Å². The molecule has 8 nitrogen and oxygen atoms in total. The highest BCUT2D eigenvalue weighted by molar-refractivity contribution is 7.15. The van der Waals surface area contributed by atoms with Gasteiger partial charge in [0.1, 0.15) is 5.01 Å². The third-order valence-corrected chi connectivity index (χ3v) is 6.42. The molecule has 30 heavy (non-hydrogen) atoms. The van der Waals surface area contributed by atoms with Crippen LogP contribution >= 0.6 is 22.7 Å². The molecule has 2 atom stereocenters. The number of ether oxygens (including phenoxy) is 1. The second-order valence-electron chi connectivity index (χ2n) is 7.07. The van der Waals surface area contributed by atoms with Gasteiger partial charge >= 0.3 is 12.1 Å². The number of anilines is 1. The quantitative estimate of drug-likeness (QED) is 0.740. The van der Waals surface area contributed by atoms with Crippen molar-refractivity contribution in [1.29, 1.82) is 0 Å². The Morgan fingerprint density at radius 3 is 2.57 bits per heavy atom. The molecule has 0 aromatic carbocycles. The molecule has 2 aliphatic heterocycles. The lowest BCUT2D eigenvalue weighted by Crippen LogP contribution is -2.32. The number of alkyl halides is 3. The molecule has 0 aliphatic carbocycles. The van der Waals surface area contributed by atoms with Crippen LogP contribution in [-0.2, 0) is 16.1 Å². The molecular formula is C17H22F3N5O3S2. The molecule has 13 heteroatoms. The zero-order chi connectivity index (χ0) is 21.9. The minimum Gasteiger partial charge on any atom is -0.475 e. The van der Waals surface area contributed by atoms with Crippen molar-refractivity contribution in [2.24, 2.45) is 5.92 Å². The van der Waals surface area contributed by atoms with Crippen molar-refractivity contribution in [2.45, 2.75) is 32.7 Å². The summed E-state index contributed by atoms with van der Waals surface area (Å²) in [6, 6.07) is 0. The van der Waals surface area contributed by atoms with E-state index in [1.807, 2.05) is 6.92 Å². The lowest BCUT2D eigenvalue weighted by atomic mass is 10.1. The number of halogens is 3. The van der Waals surface area contributed by atoms with Gasteiger partial charge in [0, 0.05) is 44.0 Å². The van der Waals surface area contributed by atoms with E-state index in [-0.39, 0.29) is 0 Å². The largest absolute Gasteiger partial charge is 0.490 e. The fraction of sp³-hybridized carbons (Fsp3) is 0.647. The summed E-state index contributed by atoms with van der Waals surface area (Å²) in [4.78, 5) is 18.3. The number of aromatic nitrogens is 3. The molecule has 2 aliphatic rings. The first-order valence-electron chi connectivity index (χ1n) is 9.22. The van der Waals surface area contributed by atoms with Crippen molar-refractivity contribution in [2.75, 3.05) is 37.7 Å². The number of carbonyl (C=O) groups is 1. The molecular weight excluding hydrogens is 443 g/mol. The van der Waals surface area contributed by atoms with Crippen molar-refractivity contribution < 1.29 is 27.8 Å². The van der Waals surface area contributed by atoms with Gasteiger partial charge in [-0.05, 0) is 13.8 Å². The van der Waals surface area contributed by atoms with Crippen LogP contribution in [0.2, 0.25) is 0 Å². The molecule has 4 rings (SSSR count). The molecule has 0 bridgehead atoms. The Hall–Kier alpha value is -1.83. The molecule has 2 aromatic rings. The number of hydrogen-bond donors (Lipinski definition) is 1. The first-order valence-corrected chi connectivity index (χ1v) is 10.9. The van der Waals surface area contributed by atoms with Gasteiger partial charge in [0.25, 0.3) is 0 Å². The maximum atomic E-state index is 10.6. The Morgan fingerprint density at radius 1 is 1.27 bits per heavy atom. The number of nitrogens with zero attached hydrogens (tertiary/aromatic N) is 5. The summed E-state index contributed by atoms with van der Waals surface area (Å²) in [6.07, 6.45) is -4.78. The van der Waals surface area contributed by atoms with E-state index < -0.39 is 12.1 Å². The average molecular weight is 466 g/mol. The normalized spacial score (nSPS) is 22.2. The Kier molecular flexibility index (Phi) is 7.26. The predicted octanol–water partition coefficient (Wildman–Crippen LogP) is 2.58. The van der Waals surface area contributed by atoms with Crippen molar-refractivity contribution >= 4 is 33.8 Å². The molecule has 2 aromatic heterocycles. The molecule has 2 fully saturated rings. The number of aliphatic carboxylic acids is 1. The Balaban J connectivity index is 0.000000318. The van der Waals surface area contributed by atoms with Crippen LogP contribution in [0.5, 0.6) is 0 Å². The Morgan fingerprint density at radius 2 is 2.00 bits per heavy atom. The van der Waals surface area contributed by atoms with Gasteiger partial charge in [-0.15, -0.1) is 21.5 Å². The third kappa shape index (κ3) is 6.09. The van der Waals surface area contributed by atoms with Gasteiger partial charge in [0.15, 0.2) is 0 Å². The maximum absolute atomic E-state index is 10.6. The van der Waals surface area contributed by atoms with E-state index in [0.29, 0.717) is 12.0 Å². The predicted molar refractivity (Wildman–Crippen MR) is 106 cm³/mol. The highest BCUT2D eigenvalue weighted by atomic mass is 32.1. The van der Waals surface area contributed by atoms with Crippen LogP contribution in [0.15, 0.2) is 5.38 Å². The first kappa shape index (κ1) is 22.8. The zero-order valence-electron chi connectivity index (χ0n) is 16.4. The Bertz CT molecular complexity index is 860. The van der Waals surface area contributed by atoms with Gasteiger partial charge < -0.3 is 14.7 Å². The summed E-state index contributed by atoms with van der Waals surface area (Å²) in [6.45, 7) is 9.78. The second-order valence-corrected chi connectivity index (χ2v) is 9.30. The number of carboxylic acids is 1. The highest BCUT2D eigenvalue weighted by Gasteiger charge is 2.38. The molecule has 4 heterocycles. The molecule has 166 valence electrons. The standard InChI is InChI=1S/C15H21N5OS2.C2HF3O2/c1-10-16-13(9-22-10)7-19-3-4-21-14-8-20(6-12(14)5-19)15-18-17-11(2)23-15;3-2(4,5)1(6)7/h9,12,14H,3-8H2,1-2H3;(H,6,7)/t12-,14+;/m0./s1. The topological polar surface area (TPSA) is 91.7 Å². The lowest BCUT2D eigenvalue weighted by Gasteiger charge is -2.22. The van der Waals surface area contributed by atoms with Gasteiger partial charge in [-0.3, -0.25) is 4.90 Å². The van der Waals surface area contributed by atoms with Crippen LogP contribution in [0.1, 0.15) is 15.7 Å². The van der Waals surface area contributed by atoms with E-state index in [4.69, 9.17) is 14.6 Å². The number of aryl methyl sites for hydroxylation is 2. The van der Waals surface area contributed by atoms with E-state index in [1.54, 1.807) is 22.7 Å². The molecule has 0 amide bonds. The van der Waals surface area contributed by atoms with Gasteiger partial charge in [-0.25, -0.2) is 9.78 Å². The zero-order valence-corrected chi connectivity index (χ0v) is 18.1. The molecule has 1 N–H and O–H groups in total. The van der Waals surface area contributed by atoms with Crippen LogP contribution in [0, 0.1) is 19.8 Å². The van der Waals surface area contributed by atoms with Crippen molar-refractivity contribution in [1.82, 2.24) is 20.1 Å². The van der Waals surface area contributed by atoms with Crippen LogP contribution < -0.4 is 4.90 Å². The van der Waals surface area contributed by atoms with E-state index in [0.717, 1.165) is 54.5 Å². The van der Waals surface area contributed by atoms with Gasteiger partial charge in [0.05, 0.1) is 23.4 Å². The monoisotopic (exact) mass is 465 g/mol. The van der Waals surface area contributed by atoms with Gasteiger partial charge in [-0.1, -0.05) is 11.3 Å². The number of rotatable bonds is 3. The average Bonchev–Trinajstić information content (AvgIpc) is 3.33. The first-order chi connectivity index (χ1) is 14.1. The van der Waals surface area contributed by atoms with E-state index in [1.165, 1.54) is 5.69 Å². The molecule has 0 radical (unpaired) electrons. The number of hydrogen-bond acceptors (Lipinski definition) is 9. The lowest BCUT2D eigenvalue weighted by molar-refractivity contribution is -0.192. The molecule has 2 saturated heterocycles. The molecule has 0 spiro atoms. The van der Waals surface area contributed by atoms with Crippen LogP contribution in [-0.4, -0.2) is 76.2 Å². The minimum absolute atomic E-state index is 0.307. The van der Waals surface area contributed by atoms with Crippen LogP contribution in [0.4, 0.5) is 18.3 Å². The van der Waals surface area contributed by atoms with Gasteiger partial charge in [-0.2, -0.15) is 13.2 Å². The van der Waals surface area contributed by atoms with Crippen molar-refractivity contribution in [3.8, 4) is 0 Å². The summed E-state index contributed by atoms with van der Waals surface area (Å²) in [5, 5.41) is 20.9. The smallest absolute Gasteiger partial charge is 0.475 e. The summed E-state index contributed by atoms with van der Waals surface area (Å²) >= 11 is 3.39. The number of thiazole rings is 1. The minimum atomic E-state index is -5.08. The summed E-state index contributed by atoms with van der Waals surface area (Å²) in [5.74, 6) is -2.23. The number of carboxylic acid groups (broad SMARTS) is 1. The SMILES string of the molecule is Cc1nc(CN2CCO[C@@H]3CN(c4nnc(C)s4)C[C@@H]3C2)cs1.O=C(O)C(F)(F)F. The van der Waals surface area contributed by atoms with Crippen LogP contribution in [0.3, 0.4) is 0 Å². The third-order valence-electron chi connectivity index (χ3n) is 4.69. The second kappa shape index (κ2) is 9.54. The fourth-order valence-corrected chi connectivity index (χ4v) is 4.69. The fourth-order valence-electron chi connectivity index (χ4n) is 3.39. The molecule has 0 saturated carbocycles.